The molecular formula is C24H31N5O5. The zero-order chi connectivity index (χ0) is 23.9. The highest BCUT2D eigenvalue weighted by molar-refractivity contribution is 5.96. The van der Waals surface area contributed by atoms with Crippen LogP contribution in [-0.2, 0) is 4.79 Å². The van der Waals surface area contributed by atoms with Crippen molar-refractivity contribution in [1.29, 1.82) is 0 Å². The molecule has 182 valence electrons. The van der Waals surface area contributed by atoms with E-state index < -0.39 is 0 Å². The summed E-state index contributed by atoms with van der Waals surface area (Å²) in [5.74, 6) is 1.49. The van der Waals surface area contributed by atoms with Gasteiger partial charge < -0.3 is 24.4 Å². The molecule has 0 atom stereocenters. The van der Waals surface area contributed by atoms with Gasteiger partial charge >= 0.3 is 6.03 Å². The Labute approximate surface area is 199 Å². The summed E-state index contributed by atoms with van der Waals surface area (Å²) in [6.07, 6.45) is 6.34. The Bertz CT molecular complexity index is 978. The third kappa shape index (κ3) is 5.86. The van der Waals surface area contributed by atoms with Gasteiger partial charge in [0.15, 0.2) is 0 Å². The summed E-state index contributed by atoms with van der Waals surface area (Å²) >= 11 is 0. The van der Waals surface area contributed by atoms with Crippen LogP contribution in [0.1, 0.15) is 32.6 Å². The van der Waals surface area contributed by atoms with Crippen molar-refractivity contribution < 1.29 is 23.8 Å². The monoisotopic (exact) mass is 469 g/mol. The fraction of sp³-hybridized carbons (Fsp3) is 0.500. The second-order valence-electron chi connectivity index (χ2n) is 8.34. The van der Waals surface area contributed by atoms with Gasteiger partial charge in [0.25, 0.3) is 0 Å². The van der Waals surface area contributed by atoms with Crippen molar-refractivity contribution in [2.75, 3.05) is 38.3 Å². The highest BCUT2D eigenvalue weighted by Gasteiger charge is 2.32. The quantitative estimate of drug-likeness (QED) is 0.602. The molecule has 10 heteroatoms. The minimum atomic E-state index is -0.157. The molecule has 1 saturated heterocycles. The summed E-state index contributed by atoms with van der Waals surface area (Å²) in [6, 6.07) is 7.35. The van der Waals surface area contributed by atoms with Crippen LogP contribution >= 0.6 is 0 Å². The molecule has 0 radical (unpaired) electrons. The number of ether oxygens (including phenoxy) is 3. The Hall–Kier alpha value is -3.56. The molecule has 0 unspecified atom stereocenters. The van der Waals surface area contributed by atoms with Crippen LogP contribution in [0.15, 0.2) is 36.7 Å². The molecule has 4 rings (SSSR count). The van der Waals surface area contributed by atoms with Crippen LogP contribution in [0.3, 0.4) is 0 Å². The number of hydrogen-bond donors (Lipinski definition) is 1. The topological polar surface area (TPSA) is 106 Å². The zero-order valence-corrected chi connectivity index (χ0v) is 19.6. The van der Waals surface area contributed by atoms with E-state index in [4.69, 9.17) is 14.2 Å². The molecule has 3 amide bonds. The molecule has 0 spiro atoms. The van der Waals surface area contributed by atoms with Crippen LogP contribution in [-0.4, -0.2) is 72.3 Å². The number of urea groups is 1. The van der Waals surface area contributed by atoms with Crippen LogP contribution in [0.25, 0.3) is 0 Å². The van der Waals surface area contributed by atoms with Crippen LogP contribution < -0.4 is 24.4 Å². The fourth-order valence-corrected chi connectivity index (χ4v) is 4.29. The van der Waals surface area contributed by atoms with Crippen LogP contribution in [0.4, 0.5) is 10.5 Å². The maximum absolute atomic E-state index is 12.8. The van der Waals surface area contributed by atoms with Gasteiger partial charge in [-0.2, -0.15) is 4.98 Å². The lowest BCUT2D eigenvalue weighted by molar-refractivity contribution is -0.122. The first-order valence-electron chi connectivity index (χ1n) is 11.7. The summed E-state index contributed by atoms with van der Waals surface area (Å²) < 4.78 is 16.4. The molecule has 1 saturated carbocycles. The molecule has 1 N–H and O–H groups in total. The standard InChI is InChI=1S/C24H31N5O5/c1-3-33-19-10-6-18(7-11-19)29-13-12-28(24(29)31)16-21(30)26-17-4-8-20(9-5-17)34-23-15-25-14-22(27-23)32-2/h6-7,10-11,14-15,17,20H,3-5,8-9,12-13,16H2,1-2H3,(H,26,30). The van der Waals surface area contributed by atoms with Crippen molar-refractivity contribution in [2.45, 2.75) is 44.8 Å². The summed E-state index contributed by atoms with van der Waals surface area (Å²) in [6.45, 7) is 3.65. The number of hydrogen-bond acceptors (Lipinski definition) is 7. The fourth-order valence-electron chi connectivity index (χ4n) is 4.29. The van der Waals surface area contributed by atoms with Crippen molar-refractivity contribution in [3.8, 4) is 17.5 Å². The third-order valence-electron chi connectivity index (χ3n) is 6.02. The van der Waals surface area contributed by atoms with E-state index in [0.29, 0.717) is 31.5 Å². The summed E-state index contributed by atoms with van der Waals surface area (Å²) in [7, 11) is 1.54. The Morgan fingerprint density at radius 2 is 1.82 bits per heavy atom. The number of methoxy groups -OCH3 is 1. The molecule has 2 aromatic rings. The smallest absolute Gasteiger partial charge is 0.325 e. The number of benzene rings is 1. The Morgan fingerprint density at radius 3 is 2.53 bits per heavy atom. The Balaban J connectivity index is 1.21. The van der Waals surface area contributed by atoms with Gasteiger partial charge in [-0.05, 0) is 56.9 Å². The van der Waals surface area contributed by atoms with E-state index in [1.54, 1.807) is 16.0 Å². The highest BCUT2D eigenvalue weighted by atomic mass is 16.5. The number of nitrogens with zero attached hydrogens (tertiary/aromatic N) is 4. The average Bonchev–Trinajstić information content (AvgIpc) is 3.21. The molecule has 1 aromatic heterocycles. The first kappa shape index (κ1) is 23.6. The number of carbonyl (C=O) groups is 2. The predicted octanol–water partition coefficient (Wildman–Crippen LogP) is 2.63. The molecule has 0 bridgehead atoms. The van der Waals surface area contributed by atoms with Crippen LogP contribution in [0, 0.1) is 0 Å². The van der Waals surface area contributed by atoms with Gasteiger partial charge in [-0.3, -0.25) is 14.7 Å². The van der Waals surface area contributed by atoms with E-state index in [9.17, 15) is 9.59 Å². The minimum Gasteiger partial charge on any atom is -0.494 e. The second kappa shape index (κ2) is 11.0. The zero-order valence-electron chi connectivity index (χ0n) is 19.6. The molecule has 2 heterocycles. The summed E-state index contributed by atoms with van der Waals surface area (Å²) in [5.41, 5.74) is 0.801. The van der Waals surface area contributed by atoms with Crippen molar-refractivity contribution in [3.63, 3.8) is 0 Å². The van der Waals surface area contributed by atoms with Gasteiger partial charge in [-0.25, -0.2) is 4.79 Å². The molecule has 1 aliphatic carbocycles. The first-order chi connectivity index (χ1) is 16.6. The van der Waals surface area contributed by atoms with Crippen LogP contribution in [0.5, 0.6) is 17.5 Å². The highest BCUT2D eigenvalue weighted by Crippen LogP contribution is 2.25. The second-order valence-corrected chi connectivity index (χ2v) is 8.34. The van der Waals surface area contributed by atoms with Gasteiger partial charge in [0.1, 0.15) is 18.4 Å². The van der Waals surface area contributed by atoms with E-state index >= 15 is 0 Å². The molecule has 1 aromatic carbocycles. The lowest BCUT2D eigenvalue weighted by Gasteiger charge is -2.29. The number of carbonyl (C=O) groups excluding carboxylic acids is 2. The predicted molar refractivity (Wildman–Crippen MR) is 125 cm³/mol. The van der Waals surface area contributed by atoms with Crippen molar-refractivity contribution in [1.82, 2.24) is 20.2 Å². The van der Waals surface area contributed by atoms with E-state index in [0.717, 1.165) is 37.1 Å². The van der Waals surface area contributed by atoms with Gasteiger partial charge in [-0.15, -0.1) is 0 Å². The first-order valence-corrected chi connectivity index (χ1v) is 11.7. The normalized spacial score (nSPS) is 20.2. The van der Waals surface area contributed by atoms with Gasteiger partial charge in [0, 0.05) is 24.8 Å². The van der Waals surface area contributed by atoms with E-state index in [1.165, 1.54) is 13.3 Å². The SMILES string of the molecule is CCOc1ccc(N2CCN(CC(=O)NC3CCC(Oc4cncc(OC)n4)CC3)C2=O)cc1. The number of anilines is 1. The number of amides is 3. The Morgan fingerprint density at radius 1 is 1.09 bits per heavy atom. The number of aromatic nitrogens is 2. The summed E-state index contributed by atoms with van der Waals surface area (Å²) in [4.78, 5) is 37.0. The number of rotatable bonds is 9. The maximum Gasteiger partial charge on any atom is 0.325 e. The lowest BCUT2D eigenvalue weighted by Crippen LogP contribution is -2.45. The van der Waals surface area contributed by atoms with Crippen molar-refractivity contribution in [2.24, 2.45) is 0 Å². The summed E-state index contributed by atoms with van der Waals surface area (Å²) in [5, 5.41) is 3.07. The van der Waals surface area contributed by atoms with Crippen LogP contribution in [0.2, 0.25) is 0 Å². The van der Waals surface area contributed by atoms with Gasteiger partial charge in [0.05, 0.1) is 26.1 Å². The van der Waals surface area contributed by atoms with Crippen molar-refractivity contribution >= 4 is 17.6 Å². The molecule has 1 aliphatic heterocycles. The number of nitrogens with one attached hydrogen (secondary N) is 1. The molecular weight excluding hydrogens is 438 g/mol. The third-order valence-corrected chi connectivity index (χ3v) is 6.02. The maximum atomic E-state index is 12.8. The van der Waals surface area contributed by atoms with E-state index in [-0.39, 0.29) is 30.6 Å². The van der Waals surface area contributed by atoms with Crippen molar-refractivity contribution in [3.05, 3.63) is 36.7 Å². The largest absolute Gasteiger partial charge is 0.494 e. The van der Waals surface area contributed by atoms with Gasteiger partial charge in [-0.1, -0.05) is 0 Å². The van der Waals surface area contributed by atoms with E-state index in [1.807, 2.05) is 31.2 Å². The Kier molecular flexibility index (Phi) is 7.66. The van der Waals surface area contributed by atoms with E-state index in [2.05, 4.69) is 15.3 Å². The van der Waals surface area contributed by atoms with Gasteiger partial charge in [0.2, 0.25) is 17.7 Å². The average molecular weight is 470 g/mol. The molecule has 2 fully saturated rings. The molecule has 2 aliphatic rings. The lowest BCUT2D eigenvalue weighted by atomic mass is 9.93. The molecule has 10 nitrogen and oxygen atoms in total. The minimum absolute atomic E-state index is 0.0254. The molecule has 34 heavy (non-hydrogen) atoms.